The van der Waals surface area contributed by atoms with Crippen LogP contribution in [-0.4, -0.2) is 35.2 Å². The fraction of sp³-hybridized carbons (Fsp3) is 0.462. The van der Waals surface area contributed by atoms with Crippen LogP contribution in [0.15, 0.2) is 18.2 Å². The van der Waals surface area contributed by atoms with Crippen LogP contribution in [0.3, 0.4) is 0 Å². The first-order valence-corrected chi connectivity index (χ1v) is 5.77. The van der Waals surface area contributed by atoms with Gasteiger partial charge in [-0.1, -0.05) is 17.7 Å². The fourth-order valence-electron chi connectivity index (χ4n) is 2.03. The largest absolute Gasteiger partial charge is 0.492 e. The van der Waals surface area contributed by atoms with Gasteiger partial charge in [-0.15, -0.1) is 0 Å². The maximum atomic E-state index is 11.0. The summed E-state index contributed by atoms with van der Waals surface area (Å²) in [7, 11) is 0. The molecule has 1 atom stereocenters. The molecule has 4 nitrogen and oxygen atoms in total. The predicted octanol–water partition coefficient (Wildman–Crippen LogP) is 1.66. The van der Waals surface area contributed by atoms with E-state index >= 15 is 0 Å². The molecule has 0 fully saturated rings. The van der Waals surface area contributed by atoms with E-state index in [1.54, 1.807) is 6.92 Å². The molecular formula is C13H17NO3. The van der Waals surface area contributed by atoms with Crippen molar-refractivity contribution in [2.24, 2.45) is 0 Å². The summed E-state index contributed by atoms with van der Waals surface area (Å²) in [5, 5.41) is 9.05. The van der Waals surface area contributed by atoms with Crippen LogP contribution in [0.1, 0.15) is 18.1 Å². The van der Waals surface area contributed by atoms with Crippen molar-refractivity contribution in [2.75, 3.05) is 13.2 Å². The van der Waals surface area contributed by atoms with Crippen LogP contribution >= 0.6 is 0 Å². The zero-order valence-corrected chi connectivity index (χ0v) is 10.1. The topological polar surface area (TPSA) is 49.8 Å². The average molecular weight is 235 g/mol. The Balaban J connectivity index is 2.24. The van der Waals surface area contributed by atoms with Crippen LogP contribution in [0, 0.1) is 6.92 Å². The molecule has 1 aromatic rings. The maximum absolute atomic E-state index is 11.0. The lowest BCUT2D eigenvalue weighted by Gasteiger charge is -2.23. The zero-order chi connectivity index (χ0) is 12.4. The third-order valence-corrected chi connectivity index (χ3v) is 3.13. The molecule has 0 aromatic heterocycles. The van der Waals surface area contributed by atoms with E-state index in [4.69, 9.17) is 9.84 Å². The Hall–Kier alpha value is -1.55. The van der Waals surface area contributed by atoms with Gasteiger partial charge in [0.1, 0.15) is 18.4 Å². The minimum absolute atomic E-state index is 0.481. The van der Waals surface area contributed by atoms with Gasteiger partial charge in [-0.3, -0.25) is 9.69 Å². The van der Waals surface area contributed by atoms with Gasteiger partial charge in [0.25, 0.3) is 0 Å². The number of nitrogens with zero attached hydrogens (tertiary/aromatic N) is 1. The normalized spacial score (nSPS) is 17.8. The lowest BCUT2D eigenvalue weighted by atomic mass is 10.1. The van der Waals surface area contributed by atoms with Crippen LogP contribution in [0.4, 0.5) is 0 Å². The summed E-state index contributed by atoms with van der Waals surface area (Å²) in [5.41, 5.74) is 2.23. The Morgan fingerprint density at radius 2 is 2.29 bits per heavy atom. The number of aliphatic carboxylic acids is 1. The summed E-state index contributed by atoms with van der Waals surface area (Å²) in [6, 6.07) is 5.54. The third-order valence-electron chi connectivity index (χ3n) is 3.13. The number of hydrogen-bond donors (Lipinski definition) is 1. The van der Waals surface area contributed by atoms with E-state index in [9.17, 15) is 4.79 Å². The van der Waals surface area contributed by atoms with Gasteiger partial charge in [0.05, 0.1) is 0 Å². The van der Waals surface area contributed by atoms with Crippen molar-refractivity contribution in [1.82, 2.24) is 4.90 Å². The Morgan fingerprint density at radius 3 is 3.00 bits per heavy atom. The quantitative estimate of drug-likeness (QED) is 0.847. The molecule has 1 heterocycles. The van der Waals surface area contributed by atoms with Crippen molar-refractivity contribution in [3.63, 3.8) is 0 Å². The van der Waals surface area contributed by atoms with Gasteiger partial charge < -0.3 is 9.84 Å². The van der Waals surface area contributed by atoms with E-state index < -0.39 is 12.0 Å². The number of aryl methyl sites for hydroxylation is 1. The Morgan fingerprint density at radius 1 is 1.53 bits per heavy atom. The second-order valence-electron chi connectivity index (χ2n) is 4.44. The smallest absolute Gasteiger partial charge is 0.320 e. The summed E-state index contributed by atoms with van der Waals surface area (Å²) in [4.78, 5) is 12.9. The van der Waals surface area contributed by atoms with Gasteiger partial charge in [-0.25, -0.2) is 0 Å². The minimum atomic E-state index is -0.791. The highest BCUT2D eigenvalue weighted by molar-refractivity contribution is 5.72. The molecule has 0 saturated heterocycles. The predicted molar refractivity (Wildman–Crippen MR) is 64.2 cm³/mol. The lowest BCUT2D eigenvalue weighted by molar-refractivity contribution is -0.142. The molecule has 2 rings (SSSR count). The van der Waals surface area contributed by atoms with Gasteiger partial charge in [-0.2, -0.15) is 0 Å². The molecule has 0 amide bonds. The number of benzene rings is 1. The fourth-order valence-corrected chi connectivity index (χ4v) is 2.03. The minimum Gasteiger partial charge on any atom is -0.492 e. The van der Waals surface area contributed by atoms with Crippen LogP contribution < -0.4 is 4.74 Å². The molecule has 1 aliphatic heterocycles. The number of carbonyl (C=O) groups is 1. The van der Waals surface area contributed by atoms with Crippen molar-refractivity contribution >= 4 is 5.97 Å². The first kappa shape index (κ1) is 11.9. The average Bonchev–Trinajstić information content (AvgIpc) is 2.49. The van der Waals surface area contributed by atoms with E-state index in [-0.39, 0.29) is 0 Å². The summed E-state index contributed by atoms with van der Waals surface area (Å²) in [6.07, 6.45) is 0. The van der Waals surface area contributed by atoms with Crippen LogP contribution in [0.2, 0.25) is 0 Å². The van der Waals surface area contributed by atoms with Gasteiger partial charge in [-0.05, 0) is 19.9 Å². The second kappa shape index (κ2) is 4.75. The molecule has 0 aliphatic carbocycles. The van der Waals surface area contributed by atoms with E-state index in [0.29, 0.717) is 19.7 Å². The van der Waals surface area contributed by atoms with Crippen molar-refractivity contribution in [2.45, 2.75) is 26.4 Å². The Labute approximate surface area is 101 Å². The Bertz CT molecular complexity index is 431. The van der Waals surface area contributed by atoms with Crippen LogP contribution in [0.25, 0.3) is 0 Å². The molecular weight excluding hydrogens is 218 g/mol. The highest BCUT2D eigenvalue weighted by Crippen LogP contribution is 2.24. The van der Waals surface area contributed by atoms with Crippen molar-refractivity contribution in [3.8, 4) is 5.75 Å². The highest BCUT2D eigenvalue weighted by Gasteiger charge is 2.24. The summed E-state index contributed by atoms with van der Waals surface area (Å²) >= 11 is 0. The van der Waals surface area contributed by atoms with E-state index in [1.807, 2.05) is 24.0 Å². The first-order valence-electron chi connectivity index (χ1n) is 5.77. The monoisotopic (exact) mass is 235 g/mol. The number of carboxylic acid groups (broad SMARTS) is 1. The SMILES string of the molecule is Cc1ccc2c(c1)CN([C@@H](C)C(=O)O)CCO2. The third kappa shape index (κ3) is 2.58. The molecule has 1 aromatic carbocycles. The molecule has 0 saturated carbocycles. The number of carboxylic acids is 1. The molecule has 92 valence electrons. The van der Waals surface area contributed by atoms with E-state index in [2.05, 4.69) is 6.07 Å². The molecule has 0 bridgehead atoms. The molecule has 1 aliphatic rings. The van der Waals surface area contributed by atoms with Crippen molar-refractivity contribution in [3.05, 3.63) is 29.3 Å². The molecule has 17 heavy (non-hydrogen) atoms. The molecule has 0 spiro atoms. The lowest BCUT2D eigenvalue weighted by Crippen LogP contribution is -2.39. The van der Waals surface area contributed by atoms with E-state index in [0.717, 1.165) is 16.9 Å². The molecule has 4 heteroatoms. The molecule has 0 radical (unpaired) electrons. The number of ether oxygens (including phenoxy) is 1. The standard InChI is InChI=1S/C13H17NO3/c1-9-3-4-12-11(7-9)8-14(5-6-17-12)10(2)13(15)16/h3-4,7,10H,5-6,8H2,1-2H3,(H,15,16)/t10-/m0/s1. The molecule has 1 N–H and O–H groups in total. The van der Waals surface area contributed by atoms with Crippen LogP contribution in [0.5, 0.6) is 5.75 Å². The maximum Gasteiger partial charge on any atom is 0.320 e. The number of hydrogen-bond acceptors (Lipinski definition) is 3. The van der Waals surface area contributed by atoms with Crippen molar-refractivity contribution in [1.29, 1.82) is 0 Å². The second-order valence-corrected chi connectivity index (χ2v) is 4.44. The van der Waals surface area contributed by atoms with E-state index in [1.165, 1.54) is 0 Å². The van der Waals surface area contributed by atoms with Gasteiger partial charge in [0.2, 0.25) is 0 Å². The van der Waals surface area contributed by atoms with Gasteiger partial charge in [0, 0.05) is 18.7 Å². The number of fused-ring (bicyclic) bond motifs is 1. The van der Waals surface area contributed by atoms with Crippen LogP contribution in [-0.2, 0) is 11.3 Å². The first-order chi connectivity index (χ1) is 8.08. The van der Waals surface area contributed by atoms with Crippen molar-refractivity contribution < 1.29 is 14.6 Å². The van der Waals surface area contributed by atoms with Gasteiger partial charge >= 0.3 is 5.97 Å². The van der Waals surface area contributed by atoms with Gasteiger partial charge in [0.15, 0.2) is 0 Å². The summed E-state index contributed by atoms with van der Waals surface area (Å²) in [5.74, 6) is 0.0804. The highest BCUT2D eigenvalue weighted by atomic mass is 16.5. The Kier molecular flexibility index (Phi) is 3.33. The number of rotatable bonds is 2. The summed E-state index contributed by atoms with van der Waals surface area (Å²) < 4.78 is 5.63. The zero-order valence-electron chi connectivity index (χ0n) is 10.1. The molecule has 0 unspecified atom stereocenters. The summed E-state index contributed by atoms with van der Waals surface area (Å²) in [6.45, 7) is 5.54.